The van der Waals surface area contributed by atoms with Gasteiger partial charge in [0.25, 0.3) is 0 Å². The number of phosphoric ester groups is 2. The standard InChI is InChI=1S/C72H140O17P2/c1-9-65(8)51-43-35-29-31-37-45-53-70(75)83-59-67(88-71(76)54-46-38-27-23-19-18-21-25-33-41-49-63(4)5)60-86-90(78,79)84-56-66(73)57-85-91(80,81)87-61-68(89-72(77)55-47-39-30-28-34-42-50-64(6)7)58-82-69(74)52-44-36-26-22-17-15-13-11-10-12-14-16-20-24-32-40-48-62(2)3/h62-68,73H,9-61H2,1-8H3,(H,78,79)(H,80,81)/t65?,66-,67+,68+/m0/s1. The highest BCUT2D eigenvalue weighted by Crippen LogP contribution is 2.45. The van der Waals surface area contributed by atoms with E-state index in [9.17, 15) is 43.2 Å². The van der Waals surface area contributed by atoms with Gasteiger partial charge < -0.3 is 33.8 Å². The highest BCUT2D eigenvalue weighted by Gasteiger charge is 2.30. The van der Waals surface area contributed by atoms with Crippen LogP contribution in [-0.4, -0.2) is 96.7 Å². The Bertz CT molecular complexity index is 1800. The molecule has 0 radical (unpaired) electrons. The highest BCUT2D eigenvalue weighted by atomic mass is 31.2. The Hall–Kier alpha value is -1.94. The monoisotopic (exact) mass is 1340 g/mol. The predicted molar refractivity (Wildman–Crippen MR) is 367 cm³/mol. The molecule has 0 amide bonds. The minimum Gasteiger partial charge on any atom is -0.462 e. The third-order valence-electron chi connectivity index (χ3n) is 16.9. The molecule has 0 aliphatic rings. The fourth-order valence-corrected chi connectivity index (χ4v) is 12.4. The number of phosphoric acid groups is 2. The molecule has 0 rings (SSSR count). The fraction of sp³-hybridized carbons (Fsp3) is 0.944. The lowest BCUT2D eigenvalue weighted by molar-refractivity contribution is -0.161. The van der Waals surface area contributed by atoms with Crippen LogP contribution < -0.4 is 0 Å². The number of unbranched alkanes of at least 4 members (excludes halogenated alkanes) is 34. The van der Waals surface area contributed by atoms with Crippen LogP contribution in [0.2, 0.25) is 0 Å². The molecule has 3 unspecified atom stereocenters. The van der Waals surface area contributed by atoms with E-state index in [-0.39, 0.29) is 25.7 Å². The smallest absolute Gasteiger partial charge is 0.462 e. The van der Waals surface area contributed by atoms with Gasteiger partial charge in [0.15, 0.2) is 12.2 Å². The van der Waals surface area contributed by atoms with Crippen molar-refractivity contribution in [3.8, 4) is 0 Å². The molecule has 0 saturated heterocycles. The lowest BCUT2D eigenvalue weighted by Gasteiger charge is -2.21. The van der Waals surface area contributed by atoms with Gasteiger partial charge in [-0.1, -0.05) is 306 Å². The molecule has 0 saturated carbocycles. The van der Waals surface area contributed by atoms with E-state index in [1.807, 2.05) is 0 Å². The molecule has 6 atom stereocenters. The topological polar surface area (TPSA) is 237 Å². The number of carbonyl (C=O) groups is 4. The molecule has 17 nitrogen and oxygen atoms in total. The Balaban J connectivity index is 5.16. The van der Waals surface area contributed by atoms with Crippen LogP contribution in [0.25, 0.3) is 0 Å². The summed E-state index contributed by atoms with van der Waals surface area (Å²) in [4.78, 5) is 72.5. The van der Waals surface area contributed by atoms with Crippen molar-refractivity contribution in [2.45, 2.75) is 375 Å². The van der Waals surface area contributed by atoms with Gasteiger partial charge in [-0.25, -0.2) is 9.13 Å². The summed E-state index contributed by atoms with van der Waals surface area (Å²) in [7, 11) is -9.90. The van der Waals surface area contributed by atoms with Crippen LogP contribution in [0.1, 0.15) is 357 Å². The number of carbonyl (C=O) groups excluding carboxylic acids is 4. The normalized spacial score (nSPS) is 14.5. The quantitative estimate of drug-likeness (QED) is 0.0222. The van der Waals surface area contributed by atoms with Crippen molar-refractivity contribution in [1.29, 1.82) is 0 Å². The fourth-order valence-electron chi connectivity index (χ4n) is 10.8. The van der Waals surface area contributed by atoms with Crippen molar-refractivity contribution in [2.24, 2.45) is 23.7 Å². The SMILES string of the molecule is CCC(C)CCCCCCCCC(=O)OC[C@H](COP(=O)(O)OC[C@H](O)COP(=O)(O)OC[C@@H](COC(=O)CCCCCCCCCCCCCCCCCCC(C)C)OC(=O)CCCCCCCCC(C)C)OC(=O)CCCCCCCCCCCCC(C)C. The molecule has 0 aromatic heterocycles. The van der Waals surface area contributed by atoms with E-state index in [0.717, 1.165) is 114 Å². The minimum atomic E-state index is -4.95. The van der Waals surface area contributed by atoms with E-state index in [2.05, 4.69) is 55.4 Å². The Kier molecular flexibility index (Phi) is 60.3. The van der Waals surface area contributed by atoms with Gasteiger partial charge in [-0.3, -0.25) is 37.3 Å². The molecule has 540 valence electrons. The first-order chi connectivity index (χ1) is 43.6. The van der Waals surface area contributed by atoms with E-state index in [1.165, 1.54) is 154 Å². The number of hydrogen-bond donors (Lipinski definition) is 3. The summed E-state index contributed by atoms with van der Waals surface area (Å²) in [5.74, 6) is 0.832. The molecule has 0 aromatic carbocycles. The largest absolute Gasteiger partial charge is 0.472 e. The van der Waals surface area contributed by atoms with E-state index in [0.29, 0.717) is 31.6 Å². The lowest BCUT2D eigenvalue weighted by atomic mass is 10.00. The molecular weight excluding hydrogens is 1200 g/mol. The second kappa shape index (κ2) is 61.6. The number of ether oxygens (including phenoxy) is 4. The number of aliphatic hydroxyl groups excluding tert-OH is 1. The second-order valence-corrected chi connectivity index (χ2v) is 30.6. The molecule has 0 aliphatic heterocycles. The molecule has 91 heavy (non-hydrogen) atoms. The summed E-state index contributed by atoms with van der Waals surface area (Å²) < 4.78 is 68.3. The summed E-state index contributed by atoms with van der Waals surface area (Å²) in [6.45, 7) is 14.1. The van der Waals surface area contributed by atoms with Gasteiger partial charge in [0, 0.05) is 25.7 Å². The molecule has 0 fully saturated rings. The van der Waals surface area contributed by atoms with E-state index >= 15 is 0 Å². The molecule has 0 heterocycles. The molecule has 3 N–H and O–H groups in total. The molecular formula is C72H140O17P2. The van der Waals surface area contributed by atoms with Gasteiger partial charge >= 0.3 is 39.5 Å². The molecule has 0 spiro atoms. The minimum absolute atomic E-state index is 0.102. The zero-order valence-electron chi connectivity index (χ0n) is 59.5. The summed E-state index contributed by atoms with van der Waals surface area (Å²) in [5, 5.41) is 10.6. The molecule has 0 aliphatic carbocycles. The average molecular weight is 1340 g/mol. The first-order valence-electron chi connectivity index (χ1n) is 37.2. The van der Waals surface area contributed by atoms with Crippen molar-refractivity contribution >= 4 is 39.5 Å². The van der Waals surface area contributed by atoms with Gasteiger partial charge in [-0.15, -0.1) is 0 Å². The van der Waals surface area contributed by atoms with Crippen LogP contribution in [0.4, 0.5) is 0 Å². The molecule has 19 heteroatoms. The number of rotatable bonds is 69. The van der Waals surface area contributed by atoms with Crippen LogP contribution in [0, 0.1) is 23.7 Å². The predicted octanol–water partition coefficient (Wildman–Crippen LogP) is 20.5. The third-order valence-corrected chi connectivity index (χ3v) is 18.8. The van der Waals surface area contributed by atoms with E-state index in [4.69, 9.17) is 37.0 Å². The third kappa shape index (κ3) is 65.1. The summed E-state index contributed by atoms with van der Waals surface area (Å²) >= 11 is 0. The first kappa shape index (κ1) is 89.1. The van der Waals surface area contributed by atoms with Crippen LogP contribution in [0.3, 0.4) is 0 Å². The van der Waals surface area contributed by atoms with Crippen LogP contribution in [0.15, 0.2) is 0 Å². The summed E-state index contributed by atoms with van der Waals surface area (Å²) in [6, 6.07) is 0. The Morgan fingerprint density at radius 3 is 0.780 bits per heavy atom. The Morgan fingerprint density at radius 2 is 0.527 bits per heavy atom. The van der Waals surface area contributed by atoms with Gasteiger partial charge in [0.05, 0.1) is 26.4 Å². The molecule has 0 bridgehead atoms. The van der Waals surface area contributed by atoms with Crippen molar-refractivity contribution in [1.82, 2.24) is 0 Å². The van der Waals surface area contributed by atoms with Gasteiger partial charge in [-0.05, 0) is 49.4 Å². The first-order valence-corrected chi connectivity index (χ1v) is 40.2. The summed E-state index contributed by atoms with van der Waals surface area (Å²) in [6.07, 6.45) is 44.7. The zero-order valence-corrected chi connectivity index (χ0v) is 61.3. The van der Waals surface area contributed by atoms with E-state index < -0.39 is 97.5 Å². The van der Waals surface area contributed by atoms with Crippen LogP contribution >= 0.6 is 15.6 Å². The Morgan fingerprint density at radius 1 is 0.308 bits per heavy atom. The zero-order chi connectivity index (χ0) is 67.5. The number of aliphatic hydroxyl groups is 1. The maximum absolute atomic E-state index is 13.0. The van der Waals surface area contributed by atoms with Gasteiger partial charge in [0.2, 0.25) is 0 Å². The van der Waals surface area contributed by atoms with Crippen molar-refractivity contribution in [2.75, 3.05) is 39.6 Å². The maximum atomic E-state index is 13.0. The Labute approximate surface area is 556 Å². The summed E-state index contributed by atoms with van der Waals surface area (Å²) in [5.41, 5.74) is 0. The van der Waals surface area contributed by atoms with E-state index in [1.54, 1.807) is 0 Å². The maximum Gasteiger partial charge on any atom is 0.472 e. The van der Waals surface area contributed by atoms with Crippen LogP contribution in [0.5, 0.6) is 0 Å². The van der Waals surface area contributed by atoms with Crippen molar-refractivity contribution < 1.29 is 80.2 Å². The highest BCUT2D eigenvalue weighted by molar-refractivity contribution is 7.47. The number of hydrogen-bond acceptors (Lipinski definition) is 15. The van der Waals surface area contributed by atoms with Crippen molar-refractivity contribution in [3.63, 3.8) is 0 Å². The lowest BCUT2D eigenvalue weighted by Crippen LogP contribution is -2.30. The van der Waals surface area contributed by atoms with Gasteiger partial charge in [-0.2, -0.15) is 0 Å². The number of esters is 4. The van der Waals surface area contributed by atoms with Crippen molar-refractivity contribution in [3.05, 3.63) is 0 Å². The van der Waals surface area contributed by atoms with Gasteiger partial charge in [0.1, 0.15) is 19.3 Å². The van der Waals surface area contributed by atoms with Crippen LogP contribution in [-0.2, 0) is 65.4 Å². The molecule has 0 aromatic rings. The average Bonchev–Trinajstić information content (AvgIpc) is 3.41. The second-order valence-electron chi connectivity index (χ2n) is 27.6.